The van der Waals surface area contributed by atoms with Crippen molar-refractivity contribution >= 4 is 33.2 Å². The van der Waals surface area contributed by atoms with Crippen LogP contribution in [0.15, 0.2) is 40.9 Å². The van der Waals surface area contributed by atoms with E-state index in [1.807, 2.05) is 0 Å². The molecule has 0 atom stereocenters. The molecule has 6 heteroatoms. The van der Waals surface area contributed by atoms with E-state index in [9.17, 15) is 13.6 Å². The van der Waals surface area contributed by atoms with Crippen LogP contribution in [-0.4, -0.2) is 12.5 Å². The summed E-state index contributed by atoms with van der Waals surface area (Å²) in [6.45, 7) is 2.12. The monoisotopic (exact) mass is 354 g/mol. The van der Waals surface area contributed by atoms with Crippen LogP contribution in [0.1, 0.15) is 17.3 Å². The van der Waals surface area contributed by atoms with E-state index in [-0.39, 0.29) is 11.3 Å². The zero-order valence-electron chi connectivity index (χ0n) is 11.2. The largest absolute Gasteiger partial charge is 0.381 e. The quantitative estimate of drug-likeness (QED) is 0.853. The number of benzene rings is 2. The van der Waals surface area contributed by atoms with Crippen LogP contribution in [0, 0.1) is 11.6 Å². The lowest BCUT2D eigenvalue weighted by Crippen LogP contribution is -2.13. The molecule has 0 saturated carbocycles. The smallest absolute Gasteiger partial charge is 0.255 e. The molecule has 0 unspecified atom stereocenters. The van der Waals surface area contributed by atoms with E-state index < -0.39 is 17.5 Å². The molecule has 0 aliphatic carbocycles. The first-order valence-corrected chi connectivity index (χ1v) is 7.10. The summed E-state index contributed by atoms with van der Waals surface area (Å²) in [4.78, 5) is 12.0. The number of halogens is 3. The van der Waals surface area contributed by atoms with Gasteiger partial charge in [-0.05, 0) is 43.3 Å². The maximum absolute atomic E-state index is 13.8. The van der Waals surface area contributed by atoms with Gasteiger partial charge in [-0.25, -0.2) is 8.78 Å². The van der Waals surface area contributed by atoms with Crippen molar-refractivity contribution in [1.82, 2.24) is 0 Å². The van der Waals surface area contributed by atoms with Crippen LogP contribution in [0.25, 0.3) is 0 Å². The highest BCUT2D eigenvalue weighted by Gasteiger charge is 2.14. The average Bonchev–Trinajstić information content (AvgIpc) is 2.45. The molecule has 0 radical (unpaired) electrons. The normalized spacial score (nSPS) is 10.3. The number of anilines is 2. The van der Waals surface area contributed by atoms with E-state index in [1.54, 1.807) is 31.2 Å². The minimum Gasteiger partial charge on any atom is -0.381 e. The van der Waals surface area contributed by atoms with Gasteiger partial charge in [0.25, 0.3) is 5.91 Å². The molecule has 0 aliphatic rings. The lowest BCUT2D eigenvalue weighted by molar-refractivity contribution is 0.102. The first-order chi connectivity index (χ1) is 10.0. The summed E-state index contributed by atoms with van der Waals surface area (Å²) >= 11 is 3.28. The molecule has 2 aromatic carbocycles. The van der Waals surface area contributed by atoms with Crippen molar-refractivity contribution in [2.45, 2.75) is 6.92 Å². The van der Waals surface area contributed by atoms with Crippen LogP contribution < -0.4 is 10.6 Å². The van der Waals surface area contributed by atoms with Crippen molar-refractivity contribution in [3.63, 3.8) is 0 Å². The van der Waals surface area contributed by atoms with E-state index in [0.29, 0.717) is 12.2 Å². The molecular formula is C15H13BrF2N2O. The number of amides is 1. The summed E-state index contributed by atoms with van der Waals surface area (Å²) in [5.41, 5.74) is 0.243. The molecule has 2 aromatic rings. The second-order valence-corrected chi connectivity index (χ2v) is 5.22. The van der Waals surface area contributed by atoms with Gasteiger partial charge >= 0.3 is 0 Å². The van der Waals surface area contributed by atoms with Crippen molar-refractivity contribution in [1.29, 1.82) is 0 Å². The van der Waals surface area contributed by atoms with Crippen LogP contribution in [0.5, 0.6) is 0 Å². The maximum atomic E-state index is 13.8. The molecule has 0 bridgehead atoms. The second kappa shape index (κ2) is 6.67. The molecule has 0 aliphatic heterocycles. The van der Waals surface area contributed by atoms with E-state index >= 15 is 0 Å². The molecule has 0 heterocycles. The summed E-state index contributed by atoms with van der Waals surface area (Å²) in [5, 5.41) is 5.16. The SMILES string of the molecule is CCNc1c(F)cc(C(=O)Nc2ccc(Br)cc2)cc1F. The van der Waals surface area contributed by atoms with E-state index in [2.05, 4.69) is 26.6 Å². The molecule has 0 aromatic heterocycles. The minimum absolute atomic E-state index is 0.0745. The van der Waals surface area contributed by atoms with Crippen molar-refractivity contribution in [3.8, 4) is 0 Å². The van der Waals surface area contributed by atoms with Crippen LogP contribution in [0.2, 0.25) is 0 Å². The number of carbonyl (C=O) groups is 1. The van der Waals surface area contributed by atoms with Gasteiger partial charge in [-0.2, -0.15) is 0 Å². The molecule has 0 saturated heterocycles. The Labute approximate surface area is 129 Å². The third kappa shape index (κ3) is 3.78. The highest BCUT2D eigenvalue weighted by Crippen LogP contribution is 2.22. The fraction of sp³-hybridized carbons (Fsp3) is 0.133. The Morgan fingerprint density at radius 2 is 1.71 bits per heavy atom. The fourth-order valence-electron chi connectivity index (χ4n) is 1.79. The molecule has 3 nitrogen and oxygen atoms in total. The van der Waals surface area contributed by atoms with Gasteiger partial charge in [0, 0.05) is 22.3 Å². The Morgan fingerprint density at radius 1 is 1.14 bits per heavy atom. The average molecular weight is 355 g/mol. The Kier molecular flexibility index (Phi) is 4.90. The zero-order valence-corrected chi connectivity index (χ0v) is 12.8. The van der Waals surface area contributed by atoms with E-state index in [4.69, 9.17) is 0 Å². The molecule has 110 valence electrons. The summed E-state index contributed by atoms with van der Waals surface area (Å²) in [7, 11) is 0. The first-order valence-electron chi connectivity index (χ1n) is 6.31. The van der Waals surface area contributed by atoms with Gasteiger partial charge in [-0.1, -0.05) is 15.9 Å². The molecule has 2 rings (SSSR count). The minimum atomic E-state index is -0.794. The Bertz CT molecular complexity index is 636. The third-order valence-electron chi connectivity index (χ3n) is 2.76. The first kappa shape index (κ1) is 15.4. The summed E-state index contributed by atoms with van der Waals surface area (Å²) < 4.78 is 28.4. The molecule has 1 amide bonds. The summed E-state index contributed by atoms with van der Waals surface area (Å²) in [5.74, 6) is -2.16. The lowest BCUT2D eigenvalue weighted by Gasteiger charge is -2.10. The lowest BCUT2D eigenvalue weighted by atomic mass is 10.1. The predicted molar refractivity (Wildman–Crippen MR) is 82.6 cm³/mol. The summed E-state index contributed by atoms with van der Waals surface area (Å²) in [6.07, 6.45) is 0. The van der Waals surface area contributed by atoms with Gasteiger partial charge in [0.05, 0.1) is 0 Å². The van der Waals surface area contributed by atoms with E-state index in [1.165, 1.54) is 0 Å². The standard InChI is InChI=1S/C15H13BrF2N2O/c1-2-19-14-12(17)7-9(8-13(14)18)15(21)20-11-5-3-10(16)4-6-11/h3-8,19H,2H2,1H3,(H,20,21). The second-order valence-electron chi connectivity index (χ2n) is 4.31. The van der Waals surface area contributed by atoms with Crippen LogP contribution in [0.4, 0.5) is 20.2 Å². The highest BCUT2D eigenvalue weighted by atomic mass is 79.9. The predicted octanol–water partition coefficient (Wildman–Crippen LogP) is 4.41. The summed E-state index contributed by atoms with van der Waals surface area (Å²) in [6, 6.07) is 8.89. The van der Waals surface area contributed by atoms with Gasteiger partial charge in [-0.3, -0.25) is 4.79 Å². The van der Waals surface area contributed by atoms with Crippen LogP contribution in [-0.2, 0) is 0 Å². The number of hydrogen-bond acceptors (Lipinski definition) is 2. The highest BCUT2D eigenvalue weighted by molar-refractivity contribution is 9.10. The van der Waals surface area contributed by atoms with E-state index in [0.717, 1.165) is 16.6 Å². The van der Waals surface area contributed by atoms with Gasteiger partial charge in [0.15, 0.2) is 0 Å². The van der Waals surface area contributed by atoms with Crippen molar-refractivity contribution in [2.75, 3.05) is 17.2 Å². The van der Waals surface area contributed by atoms with Crippen LogP contribution >= 0.6 is 15.9 Å². The Morgan fingerprint density at radius 3 is 2.24 bits per heavy atom. The number of hydrogen-bond donors (Lipinski definition) is 2. The van der Waals surface area contributed by atoms with Gasteiger partial charge in [-0.15, -0.1) is 0 Å². The molecule has 0 spiro atoms. The number of nitrogens with one attached hydrogen (secondary N) is 2. The zero-order chi connectivity index (χ0) is 15.4. The molecule has 21 heavy (non-hydrogen) atoms. The molecule has 2 N–H and O–H groups in total. The Balaban J connectivity index is 2.21. The van der Waals surface area contributed by atoms with Gasteiger partial charge < -0.3 is 10.6 Å². The molecular weight excluding hydrogens is 342 g/mol. The third-order valence-corrected chi connectivity index (χ3v) is 3.29. The van der Waals surface area contributed by atoms with Crippen molar-refractivity contribution in [2.24, 2.45) is 0 Å². The van der Waals surface area contributed by atoms with Gasteiger partial charge in [0.2, 0.25) is 0 Å². The van der Waals surface area contributed by atoms with Crippen molar-refractivity contribution < 1.29 is 13.6 Å². The maximum Gasteiger partial charge on any atom is 0.255 e. The number of carbonyl (C=O) groups excluding carboxylic acids is 1. The van der Waals surface area contributed by atoms with Crippen LogP contribution in [0.3, 0.4) is 0 Å². The van der Waals surface area contributed by atoms with Gasteiger partial charge in [0.1, 0.15) is 17.3 Å². The molecule has 0 fully saturated rings. The number of rotatable bonds is 4. The topological polar surface area (TPSA) is 41.1 Å². The Hall–Kier alpha value is -1.95. The fourth-order valence-corrected chi connectivity index (χ4v) is 2.05. The van der Waals surface area contributed by atoms with Crippen molar-refractivity contribution in [3.05, 3.63) is 58.1 Å².